The largest absolute Gasteiger partial charge is 0.207 e. The maximum absolute atomic E-state index is 12.9. The Morgan fingerprint density at radius 1 is 1.55 bits per heavy atom. The first-order valence-electron chi connectivity index (χ1n) is 3.11. The van der Waals surface area contributed by atoms with Crippen molar-refractivity contribution in [1.82, 2.24) is 0 Å². The van der Waals surface area contributed by atoms with Crippen LogP contribution in [-0.2, 0) is 6.42 Å². The summed E-state index contributed by atoms with van der Waals surface area (Å²) in [5, 5.41) is 1.90. The lowest BCUT2D eigenvalue weighted by atomic mass is 10.2. The average Bonchev–Trinajstić information content (AvgIpc) is 1.95. The van der Waals surface area contributed by atoms with E-state index in [2.05, 4.69) is 12.2 Å². The Balaban J connectivity index is 2.98. The zero-order valence-electron chi connectivity index (χ0n) is 5.68. The predicted octanol–water partition coefficient (Wildman–Crippen LogP) is 3.02. The second kappa shape index (κ2) is 3.79. The number of thiocarbonyl (C=S) groups is 1. The van der Waals surface area contributed by atoms with E-state index in [0.29, 0.717) is 17.0 Å². The fourth-order valence-corrected chi connectivity index (χ4v) is 1.12. The summed E-state index contributed by atoms with van der Waals surface area (Å²) in [7, 11) is 0. The smallest absolute Gasteiger partial charge is 0.128 e. The number of benzene rings is 1. The molecular weight excluding hydrogens is 183 g/mol. The van der Waals surface area contributed by atoms with Crippen LogP contribution in [0.25, 0.3) is 0 Å². The normalized spacial score (nSPS) is 9.64. The fourth-order valence-electron chi connectivity index (χ4n) is 0.777. The van der Waals surface area contributed by atoms with E-state index in [1.807, 2.05) is 0 Å². The summed E-state index contributed by atoms with van der Waals surface area (Å²) in [5.74, 6) is -0.293. The highest BCUT2D eigenvalue weighted by atomic mass is 35.5. The highest BCUT2D eigenvalue weighted by molar-refractivity contribution is 7.78. The van der Waals surface area contributed by atoms with Gasteiger partial charge in [0, 0.05) is 11.4 Å². The molecule has 1 aromatic carbocycles. The molecular formula is C8H6ClFS. The van der Waals surface area contributed by atoms with E-state index in [4.69, 9.17) is 11.6 Å². The summed E-state index contributed by atoms with van der Waals surface area (Å²) in [4.78, 5) is 0. The lowest BCUT2D eigenvalue weighted by Crippen LogP contribution is -1.89. The van der Waals surface area contributed by atoms with Crippen LogP contribution in [0.4, 0.5) is 4.39 Å². The van der Waals surface area contributed by atoms with Crippen LogP contribution in [0.2, 0.25) is 5.02 Å². The van der Waals surface area contributed by atoms with E-state index >= 15 is 0 Å². The van der Waals surface area contributed by atoms with Gasteiger partial charge in [-0.05, 0) is 23.1 Å². The molecule has 0 aromatic heterocycles. The lowest BCUT2D eigenvalue weighted by Gasteiger charge is -1.97. The third-order valence-corrected chi connectivity index (χ3v) is 1.72. The van der Waals surface area contributed by atoms with Crippen molar-refractivity contribution in [2.45, 2.75) is 6.42 Å². The third-order valence-electron chi connectivity index (χ3n) is 1.32. The molecule has 1 aromatic rings. The molecule has 0 nitrogen and oxygen atoms in total. The molecule has 0 bridgehead atoms. The Kier molecular flexibility index (Phi) is 2.97. The summed E-state index contributed by atoms with van der Waals surface area (Å²) < 4.78 is 12.9. The van der Waals surface area contributed by atoms with Crippen molar-refractivity contribution in [2.24, 2.45) is 0 Å². The van der Waals surface area contributed by atoms with Crippen LogP contribution in [0.15, 0.2) is 18.2 Å². The maximum Gasteiger partial charge on any atom is 0.128 e. The van der Waals surface area contributed by atoms with Gasteiger partial charge in [-0.25, -0.2) is 4.39 Å². The predicted molar refractivity (Wildman–Crippen MR) is 48.8 cm³/mol. The summed E-state index contributed by atoms with van der Waals surface area (Å²) in [6.07, 6.45) is 0.471. The summed E-state index contributed by atoms with van der Waals surface area (Å²) >= 11 is 10.1. The van der Waals surface area contributed by atoms with Gasteiger partial charge in [0.15, 0.2) is 0 Å². The molecule has 0 aliphatic heterocycles. The zero-order chi connectivity index (χ0) is 8.27. The van der Waals surface area contributed by atoms with Gasteiger partial charge in [0.05, 0.1) is 0 Å². The minimum absolute atomic E-state index is 0.293. The number of hydrogen-bond acceptors (Lipinski definition) is 1. The van der Waals surface area contributed by atoms with Crippen molar-refractivity contribution in [3.05, 3.63) is 34.6 Å². The van der Waals surface area contributed by atoms with Crippen LogP contribution in [0.3, 0.4) is 0 Å². The van der Waals surface area contributed by atoms with E-state index in [9.17, 15) is 4.39 Å². The highest BCUT2D eigenvalue weighted by Gasteiger charge is 1.99. The first-order valence-corrected chi connectivity index (χ1v) is 3.96. The molecule has 0 unspecified atom stereocenters. The molecule has 3 heteroatoms. The van der Waals surface area contributed by atoms with Crippen LogP contribution in [0.5, 0.6) is 0 Å². The molecule has 0 saturated heterocycles. The second-order valence-electron chi connectivity index (χ2n) is 2.11. The van der Waals surface area contributed by atoms with E-state index in [1.165, 1.54) is 11.4 Å². The van der Waals surface area contributed by atoms with E-state index in [0.717, 1.165) is 0 Å². The van der Waals surface area contributed by atoms with Gasteiger partial charge in [-0.1, -0.05) is 29.9 Å². The molecule has 0 amide bonds. The van der Waals surface area contributed by atoms with Crippen LogP contribution in [0, 0.1) is 5.82 Å². The maximum atomic E-state index is 12.9. The zero-order valence-corrected chi connectivity index (χ0v) is 7.25. The molecule has 0 heterocycles. The first kappa shape index (κ1) is 8.62. The summed E-state index contributed by atoms with van der Waals surface area (Å²) in [5.41, 5.74) is 0.587. The third kappa shape index (κ3) is 2.24. The van der Waals surface area contributed by atoms with Crippen molar-refractivity contribution in [3.63, 3.8) is 0 Å². The topological polar surface area (TPSA) is 0 Å². The van der Waals surface area contributed by atoms with Crippen molar-refractivity contribution < 1.29 is 4.39 Å². The Morgan fingerprint density at radius 2 is 2.27 bits per heavy atom. The van der Waals surface area contributed by atoms with E-state index in [1.54, 1.807) is 12.1 Å². The molecule has 0 spiro atoms. The first-order chi connectivity index (χ1) is 5.24. The van der Waals surface area contributed by atoms with Gasteiger partial charge < -0.3 is 0 Å². The minimum atomic E-state index is -0.293. The molecule has 58 valence electrons. The van der Waals surface area contributed by atoms with E-state index < -0.39 is 0 Å². The van der Waals surface area contributed by atoms with Gasteiger partial charge in [-0.2, -0.15) is 0 Å². The van der Waals surface area contributed by atoms with Crippen molar-refractivity contribution >= 4 is 29.2 Å². The molecule has 0 N–H and O–H groups in total. The number of rotatable bonds is 2. The average molecular weight is 189 g/mol. The van der Waals surface area contributed by atoms with Crippen LogP contribution >= 0.6 is 23.8 Å². The molecule has 11 heavy (non-hydrogen) atoms. The molecule has 0 radical (unpaired) electrons. The summed E-state index contributed by atoms with van der Waals surface area (Å²) in [6, 6.07) is 4.58. The molecule has 0 saturated carbocycles. The van der Waals surface area contributed by atoms with Crippen molar-refractivity contribution in [2.75, 3.05) is 0 Å². The van der Waals surface area contributed by atoms with Gasteiger partial charge in [0.2, 0.25) is 0 Å². The van der Waals surface area contributed by atoms with Gasteiger partial charge in [-0.15, -0.1) is 0 Å². The van der Waals surface area contributed by atoms with Crippen LogP contribution in [0.1, 0.15) is 5.56 Å². The monoisotopic (exact) mass is 188 g/mol. The molecule has 0 atom stereocenters. The van der Waals surface area contributed by atoms with Gasteiger partial charge in [-0.3, -0.25) is 0 Å². The van der Waals surface area contributed by atoms with E-state index in [-0.39, 0.29) is 5.82 Å². The standard InChI is InChI=1S/C8H6ClFS/c9-7-2-1-6(3-4-11)8(10)5-7/h1-2,4-5H,3H2. The van der Waals surface area contributed by atoms with Crippen molar-refractivity contribution in [1.29, 1.82) is 0 Å². The molecule has 0 aliphatic carbocycles. The Bertz CT molecular complexity index is 273. The molecule has 0 aliphatic rings. The second-order valence-corrected chi connectivity index (χ2v) is 2.88. The van der Waals surface area contributed by atoms with Crippen LogP contribution in [-0.4, -0.2) is 5.37 Å². The fraction of sp³-hybridized carbons (Fsp3) is 0.125. The SMILES string of the molecule is Fc1cc(Cl)ccc1CC=S. The molecule has 0 fully saturated rings. The Morgan fingerprint density at radius 3 is 2.82 bits per heavy atom. The number of hydrogen-bond donors (Lipinski definition) is 0. The van der Waals surface area contributed by atoms with Gasteiger partial charge in [0.25, 0.3) is 0 Å². The Hall–Kier alpha value is -0.470. The highest BCUT2D eigenvalue weighted by Crippen LogP contribution is 2.14. The van der Waals surface area contributed by atoms with Gasteiger partial charge in [0.1, 0.15) is 5.82 Å². The lowest BCUT2D eigenvalue weighted by molar-refractivity contribution is 0.616. The summed E-state index contributed by atoms with van der Waals surface area (Å²) in [6.45, 7) is 0. The molecule has 1 rings (SSSR count). The van der Waals surface area contributed by atoms with Gasteiger partial charge >= 0.3 is 0 Å². The quantitative estimate of drug-likeness (QED) is 0.643. The Labute approximate surface area is 75.0 Å². The van der Waals surface area contributed by atoms with Crippen LogP contribution < -0.4 is 0 Å². The van der Waals surface area contributed by atoms with Crippen molar-refractivity contribution in [3.8, 4) is 0 Å². The number of halogens is 2. The minimum Gasteiger partial charge on any atom is -0.207 e.